The van der Waals surface area contributed by atoms with Gasteiger partial charge in [0, 0.05) is 12.3 Å². The molecule has 4 aliphatic carbocycles. The first-order valence-corrected chi connectivity index (χ1v) is 10.9. The van der Waals surface area contributed by atoms with E-state index in [1.165, 1.54) is 0 Å². The quantitative estimate of drug-likeness (QED) is 0.479. The Morgan fingerprint density at radius 1 is 1.14 bits per heavy atom. The van der Waals surface area contributed by atoms with Crippen molar-refractivity contribution in [3.05, 3.63) is 11.6 Å². The Balaban J connectivity index is 1.62. The first-order chi connectivity index (χ1) is 13.0. The van der Waals surface area contributed by atoms with Crippen LogP contribution in [-0.4, -0.2) is 23.2 Å². The van der Waals surface area contributed by atoms with Crippen LogP contribution in [0.3, 0.4) is 0 Å². The monoisotopic (exact) mass is 398 g/mol. The maximum Gasteiger partial charge on any atom is 0.417 e. The van der Waals surface area contributed by atoms with Gasteiger partial charge in [0.2, 0.25) is 0 Å². The highest BCUT2D eigenvalue weighted by Crippen LogP contribution is 2.68. The van der Waals surface area contributed by atoms with Gasteiger partial charge in [0.25, 0.3) is 0 Å². The minimum Gasteiger partial charge on any atom is -0.380 e. The lowest BCUT2D eigenvalue weighted by Crippen LogP contribution is -2.55. The molecule has 0 saturated heterocycles. The van der Waals surface area contributed by atoms with E-state index < -0.39 is 11.8 Å². The van der Waals surface area contributed by atoms with E-state index in [9.17, 15) is 23.1 Å². The van der Waals surface area contributed by atoms with Crippen LogP contribution in [0.2, 0.25) is 0 Å². The fourth-order valence-corrected chi connectivity index (χ4v) is 7.89. The van der Waals surface area contributed by atoms with E-state index in [1.54, 1.807) is 0 Å². The van der Waals surface area contributed by atoms with Crippen molar-refractivity contribution < 1.29 is 23.1 Å². The number of aldehydes is 1. The number of carbonyl (C=O) groups excluding carboxylic acids is 1. The van der Waals surface area contributed by atoms with Crippen molar-refractivity contribution in [3.63, 3.8) is 0 Å². The Labute approximate surface area is 166 Å². The first kappa shape index (κ1) is 20.4. The van der Waals surface area contributed by atoms with Crippen LogP contribution in [0.5, 0.6) is 0 Å². The van der Waals surface area contributed by atoms with E-state index in [-0.39, 0.29) is 29.6 Å². The Kier molecular flexibility index (Phi) is 4.62. The summed E-state index contributed by atoms with van der Waals surface area (Å²) in [5.74, 6) is 1.95. The Morgan fingerprint density at radius 3 is 2.50 bits per heavy atom. The lowest BCUT2D eigenvalue weighted by Gasteiger charge is -2.59. The number of aliphatic hydroxyl groups is 1. The highest BCUT2D eigenvalue weighted by molar-refractivity contribution is 5.53. The summed E-state index contributed by atoms with van der Waals surface area (Å²) in [6.07, 6.45) is 3.66. The van der Waals surface area contributed by atoms with Crippen LogP contribution < -0.4 is 0 Å². The van der Waals surface area contributed by atoms with Crippen molar-refractivity contribution in [1.29, 1.82) is 0 Å². The van der Waals surface area contributed by atoms with E-state index in [1.807, 2.05) is 13.0 Å². The van der Waals surface area contributed by atoms with Gasteiger partial charge < -0.3 is 9.90 Å². The number of carbonyl (C=O) groups is 1. The Hall–Kier alpha value is -0.840. The van der Waals surface area contributed by atoms with E-state index in [4.69, 9.17) is 0 Å². The van der Waals surface area contributed by atoms with Gasteiger partial charge in [-0.2, -0.15) is 13.2 Å². The van der Waals surface area contributed by atoms with E-state index in [2.05, 4.69) is 13.8 Å². The minimum absolute atomic E-state index is 0.0771. The summed E-state index contributed by atoms with van der Waals surface area (Å²) >= 11 is 0. The van der Waals surface area contributed by atoms with Crippen molar-refractivity contribution in [2.24, 2.45) is 40.4 Å². The molecule has 0 aromatic heterocycles. The molecular formula is C23H33F3O2. The van der Waals surface area contributed by atoms with Crippen LogP contribution in [0.4, 0.5) is 13.2 Å². The predicted molar refractivity (Wildman–Crippen MR) is 101 cm³/mol. The van der Waals surface area contributed by atoms with Gasteiger partial charge >= 0.3 is 6.18 Å². The molecule has 8 atom stereocenters. The molecule has 3 fully saturated rings. The molecule has 0 aromatic rings. The predicted octanol–water partition coefficient (Wildman–Crippen LogP) is 5.69. The van der Waals surface area contributed by atoms with E-state index >= 15 is 0 Å². The van der Waals surface area contributed by atoms with Crippen molar-refractivity contribution in [2.45, 2.75) is 83.9 Å². The second kappa shape index (κ2) is 6.33. The fourth-order valence-electron chi connectivity index (χ4n) is 7.89. The summed E-state index contributed by atoms with van der Waals surface area (Å²) < 4.78 is 40.2. The number of fused-ring (bicyclic) bond motifs is 5. The third-order valence-corrected chi connectivity index (χ3v) is 9.62. The lowest BCUT2D eigenvalue weighted by atomic mass is 9.46. The van der Waals surface area contributed by atoms with Gasteiger partial charge in [0.05, 0.1) is 0 Å². The van der Waals surface area contributed by atoms with Crippen molar-refractivity contribution in [3.8, 4) is 0 Å². The third-order valence-electron chi connectivity index (χ3n) is 9.62. The van der Waals surface area contributed by atoms with Crippen molar-refractivity contribution >= 4 is 6.29 Å². The highest BCUT2D eigenvalue weighted by atomic mass is 19.4. The zero-order valence-corrected chi connectivity index (χ0v) is 17.2. The lowest BCUT2D eigenvalue weighted by molar-refractivity contribution is -0.271. The average molecular weight is 399 g/mol. The molecule has 0 radical (unpaired) electrons. The molecule has 0 amide bonds. The molecule has 0 spiro atoms. The second-order valence-electron chi connectivity index (χ2n) is 10.7. The SMILES string of the molecule is C[C@H](C=O)[C@H]1CC[C@H]2[C@@H]3CC=C4C[C@](O)(C(F)(F)F)CC[C@]4(C)C3CC[C@]12C. The molecule has 158 valence electrons. The molecule has 1 N–H and O–H groups in total. The standard InChI is InChI=1S/C23H33F3O2/c1-14(13-27)17-6-7-18-16-5-4-15-12-22(28,23(24,25)26)11-10-20(15,2)19(16)8-9-21(17,18)3/h4,13-14,16-19,28H,5-12H2,1-3H3/t14-,16+,17-,18+,19?,20+,21-,22+/m1/s1. The fraction of sp³-hybridized carbons (Fsp3) is 0.870. The van der Waals surface area contributed by atoms with Crippen LogP contribution in [-0.2, 0) is 4.79 Å². The van der Waals surface area contributed by atoms with Gasteiger partial charge in [-0.3, -0.25) is 0 Å². The normalized spacial score (nSPS) is 49.5. The molecule has 1 unspecified atom stereocenters. The van der Waals surface area contributed by atoms with Gasteiger partial charge in [-0.25, -0.2) is 0 Å². The van der Waals surface area contributed by atoms with Gasteiger partial charge in [-0.15, -0.1) is 0 Å². The van der Waals surface area contributed by atoms with Crippen molar-refractivity contribution in [2.75, 3.05) is 0 Å². The average Bonchev–Trinajstić information content (AvgIpc) is 2.98. The number of hydrogen-bond acceptors (Lipinski definition) is 2. The summed E-state index contributed by atoms with van der Waals surface area (Å²) in [5.41, 5.74) is -1.79. The summed E-state index contributed by atoms with van der Waals surface area (Å²) in [7, 11) is 0. The zero-order chi connectivity index (χ0) is 20.5. The maximum absolute atomic E-state index is 13.4. The largest absolute Gasteiger partial charge is 0.417 e. The third kappa shape index (κ3) is 2.67. The number of hydrogen-bond donors (Lipinski definition) is 1. The first-order valence-electron chi connectivity index (χ1n) is 10.9. The van der Waals surface area contributed by atoms with E-state index in [0.717, 1.165) is 44.0 Å². The van der Waals surface area contributed by atoms with Crippen molar-refractivity contribution in [1.82, 2.24) is 0 Å². The molecule has 0 bridgehead atoms. The molecule has 3 saturated carbocycles. The molecule has 28 heavy (non-hydrogen) atoms. The number of halogens is 3. The van der Waals surface area contributed by atoms with Gasteiger partial charge in [0.15, 0.2) is 5.60 Å². The topological polar surface area (TPSA) is 37.3 Å². The highest BCUT2D eigenvalue weighted by Gasteiger charge is 2.63. The zero-order valence-electron chi connectivity index (χ0n) is 17.2. The van der Waals surface area contributed by atoms with Crippen LogP contribution in [0, 0.1) is 40.4 Å². The van der Waals surface area contributed by atoms with Gasteiger partial charge in [-0.1, -0.05) is 32.4 Å². The molecule has 0 aliphatic heterocycles. The van der Waals surface area contributed by atoms with Gasteiger partial charge in [-0.05, 0) is 79.4 Å². The summed E-state index contributed by atoms with van der Waals surface area (Å²) in [6.45, 7) is 6.54. The molecule has 2 nitrogen and oxygen atoms in total. The summed E-state index contributed by atoms with van der Waals surface area (Å²) in [6, 6.07) is 0. The molecule has 4 rings (SSSR count). The molecule has 5 heteroatoms. The van der Waals surface area contributed by atoms with E-state index in [0.29, 0.717) is 30.1 Å². The second-order valence-corrected chi connectivity index (χ2v) is 10.7. The minimum atomic E-state index is -4.57. The van der Waals surface area contributed by atoms with Crippen LogP contribution >= 0.6 is 0 Å². The Bertz CT molecular complexity index is 686. The molecular weight excluding hydrogens is 365 g/mol. The van der Waals surface area contributed by atoms with Gasteiger partial charge in [0.1, 0.15) is 6.29 Å². The number of alkyl halides is 3. The molecule has 0 heterocycles. The molecule has 0 aromatic carbocycles. The van der Waals surface area contributed by atoms with Crippen LogP contribution in [0.1, 0.15) is 72.1 Å². The van der Waals surface area contributed by atoms with Crippen LogP contribution in [0.15, 0.2) is 11.6 Å². The summed E-state index contributed by atoms with van der Waals surface area (Å²) in [4.78, 5) is 11.4. The maximum atomic E-state index is 13.4. The number of rotatable bonds is 2. The molecule has 4 aliphatic rings. The van der Waals surface area contributed by atoms with Crippen LogP contribution in [0.25, 0.3) is 0 Å². The number of allylic oxidation sites excluding steroid dienone is 1. The smallest absolute Gasteiger partial charge is 0.380 e. The Morgan fingerprint density at radius 2 is 1.86 bits per heavy atom. The summed E-state index contributed by atoms with van der Waals surface area (Å²) in [5, 5.41) is 10.3.